The smallest absolute Gasteiger partial charge is 0.316 e. The van der Waals surface area contributed by atoms with Gasteiger partial charge in [-0.2, -0.15) is 4.98 Å². The minimum absolute atomic E-state index is 0.226. The minimum Gasteiger partial charge on any atom is -0.481 e. The molecule has 0 aromatic carbocycles. The van der Waals surface area contributed by atoms with Crippen LogP contribution in [0.15, 0.2) is 12.4 Å². The molecule has 6 heteroatoms. The van der Waals surface area contributed by atoms with E-state index in [9.17, 15) is 9.90 Å². The molecule has 1 aliphatic rings. The zero-order valence-electron chi connectivity index (χ0n) is 10.8. The van der Waals surface area contributed by atoms with E-state index >= 15 is 0 Å². The molecule has 19 heavy (non-hydrogen) atoms. The SMILES string of the molecule is COc1ncc2c(n1)c(C(C(=O)O)C1CC1)cn2C. The Morgan fingerprint density at radius 2 is 2.32 bits per heavy atom. The van der Waals surface area contributed by atoms with Gasteiger partial charge in [0.2, 0.25) is 0 Å². The minimum atomic E-state index is -0.785. The summed E-state index contributed by atoms with van der Waals surface area (Å²) in [6.07, 6.45) is 5.44. The van der Waals surface area contributed by atoms with E-state index in [1.165, 1.54) is 7.11 Å². The molecule has 0 spiro atoms. The van der Waals surface area contributed by atoms with Crippen LogP contribution in [0.4, 0.5) is 0 Å². The number of carbonyl (C=O) groups is 1. The van der Waals surface area contributed by atoms with Crippen molar-refractivity contribution in [3.8, 4) is 6.01 Å². The molecule has 1 fully saturated rings. The number of ether oxygens (including phenoxy) is 1. The summed E-state index contributed by atoms with van der Waals surface area (Å²) in [6, 6.07) is 0.264. The molecule has 1 N–H and O–H groups in total. The first-order valence-corrected chi connectivity index (χ1v) is 6.20. The largest absolute Gasteiger partial charge is 0.481 e. The van der Waals surface area contributed by atoms with E-state index in [1.54, 1.807) is 6.20 Å². The summed E-state index contributed by atoms with van der Waals surface area (Å²) in [6.45, 7) is 0. The van der Waals surface area contributed by atoms with Crippen molar-refractivity contribution in [2.24, 2.45) is 13.0 Å². The molecular weight excluding hydrogens is 246 g/mol. The molecule has 3 rings (SSSR count). The Morgan fingerprint density at radius 3 is 2.89 bits per heavy atom. The normalized spacial score (nSPS) is 16.5. The summed E-state index contributed by atoms with van der Waals surface area (Å²) >= 11 is 0. The van der Waals surface area contributed by atoms with Crippen LogP contribution in [-0.4, -0.2) is 32.7 Å². The maximum Gasteiger partial charge on any atom is 0.316 e. The van der Waals surface area contributed by atoms with Crippen molar-refractivity contribution < 1.29 is 14.6 Å². The standard InChI is InChI=1S/C13H15N3O3/c1-16-6-8(10(12(17)18)7-3-4-7)11-9(16)5-14-13(15-11)19-2/h5-7,10H,3-4H2,1-2H3,(H,17,18). The van der Waals surface area contributed by atoms with Crippen molar-refractivity contribution in [1.82, 2.24) is 14.5 Å². The van der Waals surface area contributed by atoms with Crippen molar-refractivity contribution in [1.29, 1.82) is 0 Å². The Morgan fingerprint density at radius 1 is 1.58 bits per heavy atom. The summed E-state index contributed by atoms with van der Waals surface area (Å²) in [4.78, 5) is 19.9. The number of aryl methyl sites for hydroxylation is 1. The van der Waals surface area contributed by atoms with Gasteiger partial charge in [-0.05, 0) is 18.8 Å². The van der Waals surface area contributed by atoms with Crippen LogP contribution < -0.4 is 4.74 Å². The van der Waals surface area contributed by atoms with Crippen LogP contribution in [0.5, 0.6) is 6.01 Å². The summed E-state index contributed by atoms with van der Waals surface area (Å²) in [7, 11) is 3.37. The third-order valence-electron chi connectivity index (χ3n) is 3.61. The number of aliphatic carboxylic acids is 1. The third kappa shape index (κ3) is 1.93. The van der Waals surface area contributed by atoms with Crippen LogP contribution in [0.2, 0.25) is 0 Å². The number of aromatic nitrogens is 3. The van der Waals surface area contributed by atoms with Crippen molar-refractivity contribution in [2.45, 2.75) is 18.8 Å². The Hall–Kier alpha value is -2.11. The van der Waals surface area contributed by atoms with E-state index in [0.29, 0.717) is 5.52 Å². The molecule has 1 unspecified atom stereocenters. The van der Waals surface area contributed by atoms with Crippen LogP contribution in [-0.2, 0) is 11.8 Å². The number of methoxy groups -OCH3 is 1. The van der Waals surface area contributed by atoms with Crippen LogP contribution in [0.25, 0.3) is 11.0 Å². The van der Waals surface area contributed by atoms with E-state index in [2.05, 4.69) is 9.97 Å². The molecule has 0 aliphatic heterocycles. The van der Waals surface area contributed by atoms with Crippen molar-refractivity contribution in [3.05, 3.63) is 18.0 Å². The Labute approximate surface area is 110 Å². The fourth-order valence-corrected chi connectivity index (χ4v) is 2.51. The zero-order valence-corrected chi connectivity index (χ0v) is 10.8. The van der Waals surface area contributed by atoms with E-state index in [0.717, 1.165) is 23.9 Å². The van der Waals surface area contributed by atoms with E-state index in [4.69, 9.17) is 4.74 Å². The molecule has 1 saturated carbocycles. The number of carboxylic acids is 1. The monoisotopic (exact) mass is 261 g/mol. The molecule has 0 amide bonds. The van der Waals surface area contributed by atoms with Crippen LogP contribution in [0, 0.1) is 5.92 Å². The van der Waals surface area contributed by atoms with Crippen molar-refractivity contribution in [2.75, 3.05) is 7.11 Å². The average Bonchev–Trinajstić information content (AvgIpc) is 3.16. The highest BCUT2D eigenvalue weighted by Crippen LogP contribution is 2.44. The van der Waals surface area contributed by atoms with Crippen molar-refractivity contribution in [3.63, 3.8) is 0 Å². The molecule has 0 bridgehead atoms. The van der Waals surface area contributed by atoms with Gasteiger partial charge < -0.3 is 14.4 Å². The average molecular weight is 261 g/mol. The number of hydrogen-bond acceptors (Lipinski definition) is 4. The van der Waals surface area contributed by atoms with E-state index < -0.39 is 11.9 Å². The lowest BCUT2D eigenvalue weighted by Gasteiger charge is -2.09. The van der Waals surface area contributed by atoms with Gasteiger partial charge in [-0.15, -0.1) is 0 Å². The van der Waals surface area contributed by atoms with Gasteiger partial charge in [0.1, 0.15) is 0 Å². The van der Waals surface area contributed by atoms with Gasteiger partial charge in [0.25, 0.3) is 0 Å². The Kier molecular flexibility index (Phi) is 2.66. The lowest BCUT2D eigenvalue weighted by molar-refractivity contribution is -0.139. The van der Waals surface area contributed by atoms with Crippen LogP contribution in [0.1, 0.15) is 24.3 Å². The number of fused-ring (bicyclic) bond motifs is 1. The number of nitrogens with zero attached hydrogens (tertiary/aromatic N) is 3. The number of hydrogen-bond donors (Lipinski definition) is 1. The van der Waals surface area contributed by atoms with E-state index in [-0.39, 0.29) is 11.9 Å². The highest BCUT2D eigenvalue weighted by molar-refractivity contribution is 5.87. The first kappa shape index (κ1) is 12.0. The lowest BCUT2D eigenvalue weighted by atomic mass is 9.96. The van der Waals surface area contributed by atoms with Gasteiger partial charge in [-0.3, -0.25) is 4.79 Å². The molecule has 0 saturated heterocycles. The zero-order chi connectivity index (χ0) is 13.6. The fraction of sp³-hybridized carbons (Fsp3) is 0.462. The molecule has 1 aliphatic carbocycles. The number of carboxylic acid groups (broad SMARTS) is 1. The Bertz CT molecular complexity index is 646. The molecular formula is C13H15N3O3. The molecule has 0 radical (unpaired) electrons. The van der Waals surface area contributed by atoms with Gasteiger partial charge in [0.15, 0.2) is 0 Å². The second-order valence-electron chi connectivity index (χ2n) is 4.94. The van der Waals surface area contributed by atoms with Gasteiger partial charge in [0.05, 0.1) is 30.3 Å². The highest BCUT2D eigenvalue weighted by atomic mass is 16.5. The van der Waals surface area contributed by atoms with Crippen molar-refractivity contribution >= 4 is 17.0 Å². The Balaban J connectivity index is 2.18. The van der Waals surface area contributed by atoms with Gasteiger partial charge in [-0.1, -0.05) is 0 Å². The van der Waals surface area contributed by atoms with Gasteiger partial charge in [0, 0.05) is 18.8 Å². The maximum atomic E-state index is 11.5. The highest BCUT2D eigenvalue weighted by Gasteiger charge is 2.39. The third-order valence-corrected chi connectivity index (χ3v) is 3.61. The van der Waals surface area contributed by atoms with Crippen LogP contribution in [0.3, 0.4) is 0 Å². The molecule has 2 heterocycles. The first-order valence-electron chi connectivity index (χ1n) is 6.20. The van der Waals surface area contributed by atoms with E-state index in [1.807, 2.05) is 17.8 Å². The number of rotatable bonds is 4. The summed E-state index contributed by atoms with van der Waals surface area (Å²) in [5, 5.41) is 9.45. The molecule has 6 nitrogen and oxygen atoms in total. The predicted molar refractivity (Wildman–Crippen MR) is 68.2 cm³/mol. The molecule has 100 valence electrons. The quantitative estimate of drug-likeness (QED) is 0.903. The molecule has 1 atom stereocenters. The maximum absolute atomic E-state index is 11.5. The van der Waals surface area contributed by atoms with Gasteiger partial charge in [-0.25, -0.2) is 4.98 Å². The summed E-state index contributed by atoms with van der Waals surface area (Å²) < 4.78 is 6.89. The van der Waals surface area contributed by atoms with Crippen LogP contribution >= 0.6 is 0 Å². The molecule has 2 aromatic rings. The topological polar surface area (TPSA) is 77.2 Å². The first-order chi connectivity index (χ1) is 9.11. The lowest BCUT2D eigenvalue weighted by Crippen LogP contribution is -2.13. The second-order valence-corrected chi connectivity index (χ2v) is 4.94. The fourth-order valence-electron chi connectivity index (χ4n) is 2.51. The summed E-state index contributed by atoms with van der Waals surface area (Å²) in [5.41, 5.74) is 2.25. The summed E-state index contributed by atoms with van der Waals surface area (Å²) in [5.74, 6) is -1.04. The predicted octanol–water partition coefficient (Wildman–Crippen LogP) is 1.56. The molecule has 2 aromatic heterocycles. The second kappa shape index (κ2) is 4.22. The van der Waals surface area contributed by atoms with Gasteiger partial charge >= 0.3 is 12.0 Å².